The largest absolute Gasteiger partial charge is 0.311 e. The van der Waals surface area contributed by atoms with Gasteiger partial charge in [-0.3, -0.25) is 0 Å². The van der Waals surface area contributed by atoms with E-state index in [1.807, 2.05) is 0 Å². The molecule has 0 aromatic heterocycles. The second-order valence-corrected chi connectivity index (χ2v) is 5.62. The first-order valence-corrected chi connectivity index (χ1v) is 6.59. The zero-order valence-electron chi connectivity index (χ0n) is 10.1. The van der Waals surface area contributed by atoms with Crippen molar-refractivity contribution in [2.24, 2.45) is 5.92 Å². The molecule has 16 heavy (non-hydrogen) atoms. The molecule has 86 valence electrons. The van der Waals surface area contributed by atoms with Crippen LogP contribution >= 0.6 is 0 Å². The summed E-state index contributed by atoms with van der Waals surface area (Å²) in [5.41, 5.74) is 3.32. The molecule has 1 heteroatoms. The first-order valence-electron chi connectivity index (χ1n) is 6.59. The van der Waals surface area contributed by atoms with Crippen molar-refractivity contribution >= 4 is 0 Å². The highest BCUT2D eigenvalue weighted by molar-refractivity contribution is 5.24. The molecule has 0 amide bonds. The fraction of sp³-hybridized carbons (Fsp3) is 0.600. The lowest BCUT2D eigenvalue weighted by atomic mass is 9.84. The molecule has 1 atom stereocenters. The lowest BCUT2D eigenvalue weighted by molar-refractivity contribution is 0.323. The van der Waals surface area contributed by atoms with Gasteiger partial charge in [0.25, 0.3) is 0 Å². The van der Waals surface area contributed by atoms with Crippen LogP contribution in [0.4, 0.5) is 0 Å². The van der Waals surface area contributed by atoms with Crippen molar-refractivity contribution in [2.45, 2.75) is 44.6 Å². The third-order valence-corrected chi connectivity index (χ3v) is 4.28. The number of nitrogens with one attached hydrogen (secondary N) is 1. The van der Waals surface area contributed by atoms with Gasteiger partial charge in [-0.25, -0.2) is 0 Å². The Balaban J connectivity index is 1.78. The summed E-state index contributed by atoms with van der Waals surface area (Å²) in [6.45, 7) is 3.39. The van der Waals surface area contributed by atoms with Crippen LogP contribution in [0, 0.1) is 12.8 Å². The average molecular weight is 215 g/mol. The van der Waals surface area contributed by atoms with Crippen LogP contribution in [0.1, 0.15) is 36.8 Å². The summed E-state index contributed by atoms with van der Waals surface area (Å²) in [5, 5.41) is 3.80. The number of hydrogen-bond acceptors (Lipinski definition) is 1. The van der Waals surface area contributed by atoms with Crippen molar-refractivity contribution in [1.29, 1.82) is 0 Å². The molecule has 2 aliphatic rings. The second kappa shape index (κ2) is 3.89. The van der Waals surface area contributed by atoms with Crippen molar-refractivity contribution in [3.63, 3.8) is 0 Å². The van der Waals surface area contributed by atoms with Crippen molar-refractivity contribution in [2.75, 3.05) is 6.54 Å². The van der Waals surface area contributed by atoms with Gasteiger partial charge >= 0.3 is 0 Å². The molecule has 0 spiro atoms. The van der Waals surface area contributed by atoms with E-state index in [4.69, 9.17) is 0 Å². The van der Waals surface area contributed by atoms with E-state index < -0.39 is 0 Å². The molecule has 0 bridgehead atoms. The van der Waals surface area contributed by atoms with E-state index in [9.17, 15) is 0 Å². The Morgan fingerprint density at radius 2 is 2.00 bits per heavy atom. The summed E-state index contributed by atoms with van der Waals surface area (Å²) in [5.74, 6) is 0.955. The molecule has 1 N–H and O–H groups in total. The molecule has 1 saturated heterocycles. The third kappa shape index (κ3) is 1.89. The lowest BCUT2D eigenvalue weighted by Crippen LogP contribution is -2.44. The van der Waals surface area contributed by atoms with Crippen LogP contribution in [-0.4, -0.2) is 12.1 Å². The Labute approximate surface area is 98.3 Å². The molecule has 1 heterocycles. The zero-order valence-corrected chi connectivity index (χ0v) is 10.1. The highest BCUT2D eigenvalue weighted by Crippen LogP contribution is 2.45. The van der Waals surface area contributed by atoms with E-state index in [-0.39, 0.29) is 0 Å². The standard InChI is InChI=1S/C15H21N/c1-12-3-5-13(6-4-12)11-15(14-7-8-14)9-2-10-16-15/h3-6,14,16H,2,7-11H2,1H3. The fourth-order valence-corrected chi connectivity index (χ4v) is 3.18. The molecule has 1 saturated carbocycles. The van der Waals surface area contributed by atoms with Crippen LogP contribution in [0.15, 0.2) is 24.3 Å². The minimum atomic E-state index is 0.454. The monoisotopic (exact) mass is 215 g/mol. The molecule has 1 aromatic rings. The molecular formula is C15H21N. The van der Waals surface area contributed by atoms with Crippen LogP contribution in [0.5, 0.6) is 0 Å². The Hall–Kier alpha value is -0.820. The van der Waals surface area contributed by atoms with Gasteiger partial charge in [-0.1, -0.05) is 29.8 Å². The van der Waals surface area contributed by atoms with Gasteiger partial charge in [0.05, 0.1) is 0 Å². The number of hydrogen-bond donors (Lipinski definition) is 1. The summed E-state index contributed by atoms with van der Waals surface area (Å²) >= 11 is 0. The van der Waals surface area contributed by atoms with Gasteiger partial charge in [0, 0.05) is 5.54 Å². The fourth-order valence-electron chi connectivity index (χ4n) is 3.18. The van der Waals surface area contributed by atoms with E-state index in [1.165, 1.54) is 49.8 Å². The molecule has 1 aliphatic carbocycles. The summed E-state index contributed by atoms with van der Waals surface area (Å²) in [6, 6.07) is 9.09. The van der Waals surface area contributed by atoms with Crippen molar-refractivity contribution in [3.05, 3.63) is 35.4 Å². The third-order valence-electron chi connectivity index (χ3n) is 4.28. The normalized spacial score (nSPS) is 29.6. The van der Waals surface area contributed by atoms with Gasteiger partial charge in [-0.15, -0.1) is 0 Å². The van der Waals surface area contributed by atoms with Gasteiger partial charge in [0.15, 0.2) is 0 Å². The average Bonchev–Trinajstić information content (AvgIpc) is 3.05. The van der Waals surface area contributed by atoms with Gasteiger partial charge < -0.3 is 5.32 Å². The smallest absolute Gasteiger partial charge is 0.0250 e. The number of aryl methyl sites for hydroxylation is 1. The maximum atomic E-state index is 3.80. The van der Waals surface area contributed by atoms with E-state index in [2.05, 4.69) is 36.5 Å². The van der Waals surface area contributed by atoms with E-state index in [0.29, 0.717) is 5.54 Å². The molecule has 3 rings (SSSR count). The minimum absolute atomic E-state index is 0.454. The predicted molar refractivity (Wildman–Crippen MR) is 67.6 cm³/mol. The molecular weight excluding hydrogens is 194 g/mol. The first-order chi connectivity index (χ1) is 7.78. The van der Waals surface area contributed by atoms with Crippen LogP contribution in [-0.2, 0) is 6.42 Å². The maximum Gasteiger partial charge on any atom is 0.0250 e. The Kier molecular flexibility index (Phi) is 2.51. The quantitative estimate of drug-likeness (QED) is 0.817. The Bertz CT molecular complexity index is 356. The van der Waals surface area contributed by atoms with Gasteiger partial charge in [-0.2, -0.15) is 0 Å². The minimum Gasteiger partial charge on any atom is -0.311 e. The zero-order chi connectivity index (χ0) is 11.0. The second-order valence-electron chi connectivity index (χ2n) is 5.62. The molecule has 1 nitrogen and oxygen atoms in total. The van der Waals surface area contributed by atoms with Crippen LogP contribution < -0.4 is 5.32 Å². The predicted octanol–water partition coefficient (Wildman–Crippen LogP) is 3.07. The molecule has 2 fully saturated rings. The summed E-state index contributed by atoms with van der Waals surface area (Å²) in [6.07, 6.45) is 6.86. The molecule has 1 aliphatic heterocycles. The van der Waals surface area contributed by atoms with Crippen molar-refractivity contribution < 1.29 is 0 Å². The van der Waals surface area contributed by atoms with Gasteiger partial charge in [-0.05, 0) is 57.1 Å². The lowest BCUT2D eigenvalue weighted by Gasteiger charge is -2.30. The molecule has 0 radical (unpaired) electrons. The van der Waals surface area contributed by atoms with E-state index >= 15 is 0 Å². The molecule has 1 unspecified atom stereocenters. The van der Waals surface area contributed by atoms with Crippen LogP contribution in [0.2, 0.25) is 0 Å². The molecule has 1 aromatic carbocycles. The van der Waals surface area contributed by atoms with Crippen molar-refractivity contribution in [1.82, 2.24) is 5.32 Å². The van der Waals surface area contributed by atoms with Crippen molar-refractivity contribution in [3.8, 4) is 0 Å². The SMILES string of the molecule is Cc1ccc(CC2(C3CC3)CCCN2)cc1. The Morgan fingerprint density at radius 3 is 2.56 bits per heavy atom. The van der Waals surface area contributed by atoms with Gasteiger partial charge in [0.1, 0.15) is 0 Å². The summed E-state index contributed by atoms with van der Waals surface area (Å²) in [4.78, 5) is 0. The van der Waals surface area contributed by atoms with E-state index in [1.54, 1.807) is 0 Å². The number of rotatable bonds is 3. The summed E-state index contributed by atoms with van der Waals surface area (Å²) < 4.78 is 0. The summed E-state index contributed by atoms with van der Waals surface area (Å²) in [7, 11) is 0. The van der Waals surface area contributed by atoms with Gasteiger partial charge in [0.2, 0.25) is 0 Å². The highest BCUT2D eigenvalue weighted by Gasteiger charge is 2.46. The van der Waals surface area contributed by atoms with Crippen LogP contribution in [0.3, 0.4) is 0 Å². The highest BCUT2D eigenvalue weighted by atomic mass is 15.0. The van der Waals surface area contributed by atoms with E-state index in [0.717, 1.165) is 5.92 Å². The Morgan fingerprint density at radius 1 is 1.25 bits per heavy atom. The van der Waals surface area contributed by atoms with Crippen LogP contribution in [0.25, 0.3) is 0 Å². The topological polar surface area (TPSA) is 12.0 Å². The number of benzene rings is 1. The maximum absolute atomic E-state index is 3.80. The first kappa shape index (κ1) is 10.3.